The lowest BCUT2D eigenvalue weighted by molar-refractivity contribution is 0.124. The number of hydrogen-bond acceptors (Lipinski definition) is 2. The number of ether oxygens (including phenoxy) is 1. The predicted molar refractivity (Wildman–Crippen MR) is 56.0 cm³/mol. The van der Waals surface area contributed by atoms with E-state index >= 15 is 0 Å². The minimum absolute atomic E-state index is 0.229. The lowest BCUT2D eigenvalue weighted by atomic mass is 10.2. The first kappa shape index (κ1) is 11.5. The van der Waals surface area contributed by atoms with Crippen molar-refractivity contribution in [1.29, 1.82) is 0 Å². The highest BCUT2D eigenvalue weighted by Crippen LogP contribution is 2.27. The fourth-order valence-corrected chi connectivity index (χ4v) is 2.08. The Morgan fingerprint density at radius 2 is 2.43 bits per heavy atom. The maximum absolute atomic E-state index is 12.1. The Labute approximate surface area is 85.7 Å². The zero-order chi connectivity index (χ0) is 10.4. The lowest BCUT2D eigenvalue weighted by Gasteiger charge is -2.27. The standard InChI is InChI=1S/C11H20FNO/c1-3-10-5-6-11(9-14-2)13(10)8-4-7-12/h3,11H,4-9H2,1-2H3/b10-3+. The van der Waals surface area contributed by atoms with Crippen molar-refractivity contribution in [2.75, 3.05) is 26.9 Å². The number of alkyl halides is 1. The summed E-state index contributed by atoms with van der Waals surface area (Å²) < 4.78 is 17.3. The molecule has 0 radical (unpaired) electrons. The first-order chi connectivity index (χ1) is 6.83. The van der Waals surface area contributed by atoms with Crippen LogP contribution in [0.2, 0.25) is 0 Å². The van der Waals surface area contributed by atoms with E-state index in [1.54, 1.807) is 7.11 Å². The van der Waals surface area contributed by atoms with Crippen LogP contribution in [0.15, 0.2) is 11.8 Å². The summed E-state index contributed by atoms with van der Waals surface area (Å²) in [5, 5.41) is 0. The fraction of sp³-hybridized carbons (Fsp3) is 0.818. The molecule has 0 aliphatic carbocycles. The second-order valence-electron chi connectivity index (χ2n) is 3.66. The van der Waals surface area contributed by atoms with Gasteiger partial charge in [0.1, 0.15) is 0 Å². The second-order valence-corrected chi connectivity index (χ2v) is 3.66. The molecule has 82 valence electrons. The molecule has 1 heterocycles. The van der Waals surface area contributed by atoms with Crippen LogP contribution in [-0.2, 0) is 4.74 Å². The molecule has 2 nitrogen and oxygen atoms in total. The quantitative estimate of drug-likeness (QED) is 0.677. The predicted octanol–water partition coefficient (Wildman–Crippen LogP) is 2.36. The summed E-state index contributed by atoms with van der Waals surface area (Å²) in [5.41, 5.74) is 1.35. The number of methoxy groups -OCH3 is 1. The third-order valence-electron chi connectivity index (χ3n) is 2.77. The van der Waals surface area contributed by atoms with Gasteiger partial charge in [0.2, 0.25) is 0 Å². The highest BCUT2D eigenvalue weighted by atomic mass is 19.1. The van der Waals surface area contributed by atoms with Gasteiger partial charge in [-0.1, -0.05) is 6.08 Å². The van der Waals surface area contributed by atoms with Crippen molar-refractivity contribution in [2.45, 2.75) is 32.2 Å². The summed E-state index contributed by atoms with van der Waals surface area (Å²) in [4.78, 5) is 2.29. The van der Waals surface area contributed by atoms with Crippen LogP contribution in [0, 0.1) is 0 Å². The Bertz CT molecular complexity index is 194. The third-order valence-corrected chi connectivity index (χ3v) is 2.77. The first-order valence-electron chi connectivity index (χ1n) is 5.30. The highest BCUT2D eigenvalue weighted by molar-refractivity contribution is 5.08. The fourth-order valence-electron chi connectivity index (χ4n) is 2.08. The summed E-state index contributed by atoms with van der Waals surface area (Å²) in [6.45, 7) is 3.40. The van der Waals surface area contributed by atoms with Crippen molar-refractivity contribution in [3.05, 3.63) is 11.8 Å². The van der Waals surface area contributed by atoms with Crippen molar-refractivity contribution < 1.29 is 9.13 Å². The molecule has 0 aromatic carbocycles. The average molecular weight is 201 g/mol. The monoisotopic (exact) mass is 201 g/mol. The largest absolute Gasteiger partial charge is 0.383 e. The van der Waals surface area contributed by atoms with Crippen LogP contribution in [0.4, 0.5) is 4.39 Å². The normalized spacial score (nSPS) is 24.9. The molecule has 14 heavy (non-hydrogen) atoms. The van der Waals surface area contributed by atoms with Crippen LogP contribution in [0.3, 0.4) is 0 Å². The van der Waals surface area contributed by atoms with E-state index < -0.39 is 0 Å². The average Bonchev–Trinajstić information content (AvgIpc) is 2.58. The third kappa shape index (κ3) is 2.71. The topological polar surface area (TPSA) is 12.5 Å². The molecule has 0 aromatic rings. The summed E-state index contributed by atoms with van der Waals surface area (Å²) >= 11 is 0. The number of nitrogens with zero attached hydrogens (tertiary/aromatic N) is 1. The van der Waals surface area contributed by atoms with Gasteiger partial charge in [-0.05, 0) is 26.2 Å². The van der Waals surface area contributed by atoms with Gasteiger partial charge in [-0.25, -0.2) is 0 Å². The summed E-state index contributed by atoms with van der Waals surface area (Å²) in [7, 11) is 1.72. The molecule has 1 aliphatic rings. The maximum atomic E-state index is 12.1. The van der Waals surface area contributed by atoms with E-state index in [4.69, 9.17) is 4.74 Å². The smallest absolute Gasteiger partial charge is 0.0911 e. The first-order valence-corrected chi connectivity index (χ1v) is 5.30. The van der Waals surface area contributed by atoms with Crippen molar-refractivity contribution in [3.8, 4) is 0 Å². The molecular formula is C11H20FNO. The van der Waals surface area contributed by atoms with E-state index in [9.17, 15) is 4.39 Å². The maximum Gasteiger partial charge on any atom is 0.0911 e. The summed E-state index contributed by atoms with van der Waals surface area (Å²) in [6, 6.07) is 0.456. The van der Waals surface area contributed by atoms with Crippen molar-refractivity contribution in [2.24, 2.45) is 0 Å². The molecule has 0 saturated carbocycles. The Morgan fingerprint density at radius 1 is 1.64 bits per heavy atom. The van der Waals surface area contributed by atoms with E-state index in [2.05, 4.69) is 11.0 Å². The minimum atomic E-state index is -0.229. The van der Waals surface area contributed by atoms with Crippen LogP contribution in [-0.4, -0.2) is 37.9 Å². The number of rotatable bonds is 5. The molecule has 1 unspecified atom stereocenters. The Kier molecular flexibility index (Phi) is 4.94. The minimum Gasteiger partial charge on any atom is -0.383 e. The van der Waals surface area contributed by atoms with Gasteiger partial charge >= 0.3 is 0 Å². The van der Waals surface area contributed by atoms with Gasteiger partial charge in [-0.3, -0.25) is 4.39 Å². The van der Waals surface area contributed by atoms with Gasteiger partial charge in [-0.15, -0.1) is 0 Å². The molecule has 0 amide bonds. The summed E-state index contributed by atoms with van der Waals surface area (Å²) in [6.07, 6.45) is 5.00. The van der Waals surface area contributed by atoms with E-state index in [1.165, 1.54) is 5.70 Å². The molecule has 1 aliphatic heterocycles. The van der Waals surface area contributed by atoms with Gasteiger partial charge in [0.15, 0.2) is 0 Å². The Hall–Kier alpha value is -0.570. The van der Waals surface area contributed by atoms with Gasteiger partial charge in [-0.2, -0.15) is 0 Å². The molecule has 3 heteroatoms. The summed E-state index contributed by atoms with van der Waals surface area (Å²) in [5.74, 6) is 0. The zero-order valence-corrected chi connectivity index (χ0v) is 9.13. The molecule has 1 atom stereocenters. The second kappa shape index (κ2) is 6.02. The number of allylic oxidation sites excluding steroid dienone is 2. The molecule has 1 rings (SSSR count). The van der Waals surface area contributed by atoms with Gasteiger partial charge < -0.3 is 9.64 Å². The van der Waals surface area contributed by atoms with Crippen LogP contribution < -0.4 is 0 Å². The van der Waals surface area contributed by atoms with Gasteiger partial charge in [0, 0.05) is 19.4 Å². The van der Waals surface area contributed by atoms with Crippen molar-refractivity contribution >= 4 is 0 Å². The molecule has 1 fully saturated rings. The van der Waals surface area contributed by atoms with Crippen molar-refractivity contribution in [3.63, 3.8) is 0 Å². The number of likely N-dealkylation sites (tertiary alicyclic amines) is 1. The Morgan fingerprint density at radius 3 is 3.00 bits per heavy atom. The SMILES string of the molecule is C/C=C1\CCC(COC)N1CCCF. The lowest BCUT2D eigenvalue weighted by Crippen LogP contribution is -2.32. The van der Waals surface area contributed by atoms with Gasteiger partial charge in [0.05, 0.1) is 19.3 Å². The van der Waals surface area contributed by atoms with Crippen LogP contribution in [0.5, 0.6) is 0 Å². The highest BCUT2D eigenvalue weighted by Gasteiger charge is 2.26. The number of hydrogen-bond donors (Lipinski definition) is 0. The molecule has 1 saturated heterocycles. The van der Waals surface area contributed by atoms with E-state index in [1.807, 2.05) is 6.92 Å². The molecule has 0 N–H and O–H groups in total. The molecule has 0 bridgehead atoms. The van der Waals surface area contributed by atoms with Crippen LogP contribution in [0.1, 0.15) is 26.2 Å². The van der Waals surface area contributed by atoms with E-state index in [0.717, 1.165) is 26.0 Å². The van der Waals surface area contributed by atoms with E-state index in [-0.39, 0.29) is 6.67 Å². The number of halogens is 1. The zero-order valence-electron chi connectivity index (χ0n) is 9.13. The van der Waals surface area contributed by atoms with Crippen LogP contribution >= 0.6 is 0 Å². The van der Waals surface area contributed by atoms with E-state index in [0.29, 0.717) is 12.5 Å². The Balaban J connectivity index is 2.51. The van der Waals surface area contributed by atoms with Crippen LogP contribution in [0.25, 0.3) is 0 Å². The van der Waals surface area contributed by atoms with Crippen molar-refractivity contribution in [1.82, 2.24) is 4.90 Å². The molecule has 0 aromatic heterocycles. The molecule has 0 spiro atoms. The molecular weight excluding hydrogens is 181 g/mol. The van der Waals surface area contributed by atoms with Gasteiger partial charge in [0.25, 0.3) is 0 Å².